The van der Waals surface area contributed by atoms with Crippen LogP contribution in [0.4, 0.5) is 16.2 Å². The quantitative estimate of drug-likeness (QED) is 0.223. The number of benzene rings is 3. The van der Waals surface area contributed by atoms with Crippen LogP contribution in [0.1, 0.15) is 42.1 Å². The molecule has 0 saturated heterocycles. The average Bonchev–Trinajstić information content (AvgIpc) is 3.03. The number of carbonyl (C=O) groups is 3. The molecular formula is C32H33N5O8. The zero-order valence-electron chi connectivity index (χ0n) is 25.0. The van der Waals surface area contributed by atoms with Gasteiger partial charge in [0.2, 0.25) is 5.91 Å². The van der Waals surface area contributed by atoms with Crippen molar-refractivity contribution in [2.24, 2.45) is 0 Å². The second kappa shape index (κ2) is 13.8. The number of esters is 1. The number of ether oxygens (including phenoxy) is 4. The first kappa shape index (κ1) is 30.9. The van der Waals surface area contributed by atoms with Crippen LogP contribution in [0.3, 0.4) is 0 Å². The van der Waals surface area contributed by atoms with Gasteiger partial charge in [0.05, 0.1) is 57.1 Å². The van der Waals surface area contributed by atoms with E-state index in [1.165, 1.54) is 20.5 Å². The van der Waals surface area contributed by atoms with Gasteiger partial charge in [0.1, 0.15) is 17.5 Å². The fourth-order valence-corrected chi connectivity index (χ4v) is 5.17. The second-order valence-electron chi connectivity index (χ2n) is 10.2. The molecule has 234 valence electrons. The molecule has 4 bridgehead atoms. The van der Waals surface area contributed by atoms with Crippen LogP contribution in [0.15, 0.2) is 65.7 Å². The molecular weight excluding hydrogens is 582 g/mol. The maximum absolute atomic E-state index is 14.3. The van der Waals surface area contributed by atoms with E-state index < -0.39 is 30.1 Å². The molecule has 2 aliphatic heterocycles. The Labute approximate surface area is 258 Å². The first-order valence-electron chi connectivity index (χ1n) is 14.3. The molecule has 1 aromatic heterocycles. The predicted molar refractivity (Wildman–Crippen MR) is 166 cm³/mol. The molecule has 3 aromatic carbocycles. The summed E-state index contributed by atoms with van der Waals surface area (Å²) in [4.78, 5) is 58.8. The van der Waals surface area contributed by atoms with Gasteiger partial charge in [-0.1, -0.05) is 12.1 Å². The van der Waals surface area contributed by atoms with Gasteiger partial charge in [-0.2, -0.15) is 0 Å². The number of methoxy groups -OCH3 is 2. The van der Waals surface area contributed by atoms with E-state index in [4.69, 9.17) is 18.9 Å². The number of aromatic amines is 1. The molecule has 2 aliphatic rings. The summed E-state index contributed by atoms with van der Waals surface area (Å²) < 4.78 is 22.0. The third-order valence-electron chi connectivity index (χ3n) is 7.29. The summed E-state index contributed by atoms with van der Waals surface area (Å²) in [5.41, 5.74) is 2.70. The van der Waals surface area contributed by atoms with E-state index in [-0.39, 0.29) is 31.6 Å². The monoisotopic (exact) mass is 615 g/mol. The van der Waals surface area contributed by atoms with Gasteiger partial charge < -0.3 is 34.6 Å². The van der Waals surface area contributed by atoms with Crippen molar-refractivity contribution in [2.75, 3.05) is 38.1 Å². The fraction of sp³-hybridized carbons (Fsp3) is 0.281. The lowest BCUT2D eigenvalue weighted by Crippen LogP contribution is -2.37. The number of amides is 2. The lowest BCUT2D eigenvalue weighted by molar-refractivity contribution is -0.143. The van der Waals surface area contributed by atoms with E-state index in [1.807, 2.05) is 0 Å². The number of anilines is 2. The van der Waals surface area contributed by atoms with Crippen molar-refractivity contribution in [3.8, 4) is 11.5 Å². The Balaban J connectivity index is 1.63. The highest BCUT2D eigenvalue weighted by molar-refractivity contribution is 5.89. The third kappa shape index (κ3) is 7.15. The molecule has 13 heteroatoms. The van der Waals surface area contributed by atoms with Gasteiger partial charge in [-0.25, -0.2) is 9.78 Å². The number of carbonyl (C=O) groups excluding carboxylic acids is 3. The summed E-state index contributed by atoms with van der Waals surface area (Å²) in [5, 5.41) is 9.24. The molecule has 6 rings (SSSR count). The Hall–Kier alpha value is -5.59. The smallest absolute Gasteiger partial charge is 0.411 e. The van der Waals surface area contributed by atoms with Crippen molar-refractivity contribution in [3.05, 3.63) is 88.0 Å². The normalized spacial score (nSPS) is 16.7. The van der Waals surface area contributed by atoms with E-state index in [1.54, 1.807) is 61.5 Å². The summed E-state index contributed by atoms with van der Waals surface area (Å²) in [6, 6.07) is 13.2. The molecule has 2 amide bonds. The number of H-pyrrole nitrogens is 1. The van der Waals surface area contributed by atoms with Crippen molar-refractivity contribution < 1.29 is 33.3 Å². The van der Waals surface area contributed by atoms with Crippen LogP contribution in [-0.4, -0.2) is 55.4 Å². The van der Waals surface area contributed by atoms with Gasteiger partial charge in [0.25, 0.3) is 5.56 Å². The van der Waals surface area contributed by atoms with Gasteiger partial charge in [-0.15, -0.1) is 0 Å². The van der Waals surface area contributed by atoms with Crippen LogP contribution in [0.25, 0.3) is 10.9 Å². The summed E-state index contributed by atoms with van der Waals surface area (Å²) in [6.45, 7) is 1.88. The summed E-state index contributed by atoms with van der Waals surface area (Å²) in [6.07, 6.45) is 0.742. The molecule has 0 spiro atoms. The summed E-state index contributed by atoms with van der Waals surface area (Å²) >= 11 is 0. The number of aromatic nitrogens is 2. The molecule has 3 heterocycles. The lowest BCUT2D eigenvalue weighted by atomic mass is 9.98. The van der Waals surface area contributed by atoms with Crippen LogP contribution in [0.5, 0.6) is 11.5 Å². The minimum atomic E-state index is -1.05. The molecule has 45 heavy (non-hydrogen) atoms. The third-order valence-corrected chi connectivity index (χ3v) is 7.29. The van der Waals surface area contributed by atoms with Crippen molar-refractivity contribution in [1.29, 1.82) is 0 Å². The number of nitrogens with one attached hydrogen (secondary N) is 4. The standard InChI is InChI=1S/C32H33N5O8/c1-4-44-28(38)16-25-18-6-5-7-20(12-18)36-32(41)45-11-10-22-26(42-2)13-19(14-27(22)43-3)29(31(40)37-25)35-21-8-9-24-23(15-21)30(39)34-17-33-24/h5-9,12-15,17,25,29,35H,4,10-11,16H2,1-3H3,(H,36,41)(H,37,40)(H,33,34,39)/t25?,29-/m1/s1. The Morgan fingerprint density at radius 3 is 2.53 bits per heavy atom. The van der Waals surface area contributed by atoms with E-state index in [0.29, 0.717) is 50.5 Å². The molecule has 0 aliphatic carbocycles. The number of nitrogens with zero attached hydrogens (tertiary/aromatic N) is 1. The van der Waals surface area contributed by atoms with Gasteiger partial charge in [0, 0.05) is 23.4 Å². The zero-order chi connectivity index (χ0) is 31.9. The molecule has 4 N–H and O–H groups in total. The summed E-state index contributed by atoms with van der Waals surface area (Å²) in [7, 11) is 2.97. The Morgan fingerprint density at radius 2 is 1.80 bits per heavy atom. The van der Waals surface area contributed by atoms with E-state index in [9.17, 15) is 19.2 Å². The van der Waals surface area contributed by atoms with E-state index in [2.05, 4.69) is 25.9 Å². The molecule has 4 aromatic rings. The van der Waals surface area contributed by atoms with Gasteiger partial charge in [-0.05, 0) is 60.5 Å². The Morgan fingerprint density at radius 1 is 1.02 bits per heavy atom. The highest BCUT2D eigenvalue weighted by Crippen LogP contribution is 2.35. The fourth-order valence-electron chi connectivity index (χ4n) is 5.17. The number of hydrogen-bond donors (Lipinski definition) is 4. The minimum absolute atomic E-state index is 0.0188. The SMILES string of the molecule is CCOC(=O)CC1NC(=O)[C@H](Nc2ccc3nc[nH]c(=O)c3c2)c2cc(OC)c(c(OC)c2)CCOC(=O)Nc2cccc1c2. The molecule has 13 nitrogen and oxygen atoms in total. The molecule has 0 saturated carbocycles. The Bertz CT molecular complexity index is 1760. The second-order valence-corrected chi connectivity index (χ2v) is 10.2. The topological polar surface area (TPSA) is 170 Å². The van der Waals surface area contributed by atoms with Gasteiger partial charge in [-0.3, -0.25) is 19.7 Å². The highest BCUT2D eigenvalue weighted by atomic mass is 16.5. The van der Waals surface area contributed by atoms with Gasteiger partial charge >= 0.3 is 12.1 Å². The lowest BCUT2D eigenvalue weighted by Gasteiger charge is -2.26. The number of rotatable bonds is 7. The average molecular weight is 616 g/mol. The molecule has 1 unspecified atom stereocenters. The maximum atomic E-state index is 14.3. The van der Waals surface area contributed by atoms with E-state index in [0.717, 1.165) is 0 Å². The van der Waals surface area contributed by atoms with Crippen molar-refractivity contribution in [2.45, 2.75) is 31.8 Å². The predicted octanol–water partition coefficient (Wildman–Crippen LogP) is 4.01. The van der Waals surface area contributed by atoms with Crippen molar-refractivity contribution >= 4 is 40.2 Å². The van der Waals surface area contributed by atoms with Crippen LogP contribution in [0.2, 0.25) is 0 Å². The largest absolute Gasteiger partial charge is 0.496 e. The first-order valence-corrected chi connectivity index (χ1v) is 14.3. The van der Waals surface area contributed by atoms with Crippen molar-refractivity contribution in [1.82, 2.24) is 15.3 Å². The summed E-state index contributed by atoms with van der Waals surface area (Å²) in [5.74, 6) is -0.195. The van der Waals surface area contributed by atoms with Crippen molar-refractivity contribution in [3.63, 3.8) is 0 Å². The molecule has 2 atom stereocenters. The molecule has 0 radical (unpaired) electrons. The molecule has 0 fully saturated rings. The van der Waals surface area contributed by atoms with Crippen LogP contribution in [-0.2, 0) is 25.5 Å². The zero-order valence-corrected chi connectivity index (χ0v) is 25.0. The highest BCUT2D eigenvalue weighted by Gasteiger charge is 2.29. The van der Waals surface area contributed by atoms with Gasteiger partial charge in [0.15, 0.2) is 0 Å². The first-order chi connectivity index (χ1) is 21.8. The Kier molecular flexibility index (Phi) is 9.46. The van der Waals surface area contributed by atoms with E-state index >= 15 is 0 Å². The number of hydrogen-bond acceptors (Lipinski definition) is 10. The van der Waals surface area contributed by atoms with Crippen LogP contribution in [0, 0.1) is 0 Å². The maximum Gasteiger partial charge on any atom is 0.411 e. The number of fused-ring (bicyclic) bond motifs is 10. The minimum Gasteiger partial charge on any atom is -0.496 e. The van der Waals surface area contributed by atoms with Crippen LogP contribution >= 0.6 is 0 Å². The van der Waals surface area contributed by atoms with Crippen LogP contribution < -0.4 is 31.0 Å².